The van der Waals surface area contributed by atoms with E-state index in [4.69, 9.17) is 32.9 Å². The average molecular weight is 620 g/mol. The normalized spacial score (nSPS) is 17.7. The fraction of sp³-hybridized carbons (Fsp3) is 0.0588. The Labute approximate surface area is 259 Å². The van der Waals surface area contributed by atoms with Crippen LogP contribution in [0.4, 0.5) is 11.6 Å². The molecule has 0 atom stereocenters. The number of fused-ring (bicyclic) bond motifs is 12. The van der Waals surface area contributed by atoms with Crippen LogP contribution in [0.25, 0.3) is 21.5 Å². The molecule has 6 aliphatic heterocycles. The first-order valence-electron chi connectivity index (χ1n) is 14.7. The Bertz CT molecular complexity index is 2730. The van der Waals surface area contributed by atoms with Crippen molar-refractivity contribution in [3.63, 3.8) is 0 Å². The first kappa shape index (κ1) is 24.5. The lowest BCUT2D eigenvalue weighted by Gasteiger charge is -2.40. The van der Waals surface area contributed by atoms with E-state index in [1.54, 1.807) is 0 Å². The third-order valence-corrected chi connectivity index (χ3v) is 9.38. The van der Waals surface area contributed by atoms with Crippen LogP contribution in [-0.2, 0) is 16.0 Å². The molecule has 46 heavy (non-hydrogen) atoms. The highest BCUT2D eigenvalue weighted by Gasteiger charge is 2.69. The van der Waals surface area contributed by atoms with Crippen molar-refractivity contribution in [1.82, 2.24) is 9.13 Å². The third kappa shape index (κ3) is 2.61. The summed E-state index contributed by atoms with van der Waals surface area (Å²) in [6, 6.07) is 34.0. The minimum absolute atomic E-state index is 0.604. The molecule has 0 amide bonds. The van der Waals surface area contributed by atoms with E-state index in [1.165, 1.54) is 0 Å². The molecule has 4 aromatic carbocycles. The summed E-state index contributed by atoms with van der Waals surface area (Å²) in [5, 5.41) is 4.33. The second-order valence-corrected chi connectivity index (χ2v) is 13.3. The van der Waals surface area contributed by atoms with Gasteiger partial charge in [-0.3, -0.25) is 0 Å². The van der Waals surface area contributed by atoms with E-state index in [1.807, 2.05) is 0 Å². The Morgan fingerprint density at radius 3 is 1.37 bits per heavy atom. The highest BCUT2D eigenvalue weighted by atomic mass is 32.2. The van der Waals surface area contributed by atoms with Crippen LogP contribution < -0.4 is 11.0 Å². The molecular weight excluding hydrogens is 600 g/mol. The van der Waals surface area contributed by atoms with Gasteiger partial charge in [0.15, 0.2) is 0 Å². The molecule has 6 aromatic rings. The molecule has 0 fully saturated rings. The molecule has 1 spiro atoms. The number of hydrogen-bond donors (Lipinski definition) is 0. The molecule has 12 heteroatoms. The van der Waals surface area contributed by atoms with E-state index in [0.29, 0.717) is 6.26 Å². The van der Waals surface area contributed by atoms with Crippen LogP contribution in [0.15, 0.2) is 117 Å². The van der Waals surface area contributed by atoms with Gasteiger partial charge in [0, 0.05) is 27.8 Å². The van der Waals surface area contributed by atoms with E-state index >= 15 is 0 Å². The molecule has 0 aliphatic carbocycles. The SMILES string of the molecule is CS(=O)(=O)[O-].c1ccc2c(c1)C1=Nc3c4ccccc4c4n3C35n6c(c7ccccc7c6=NC6=[N+]3C(=N4)c3ccccc36)=NC2=[N+]15. The number of aromatic nitrogens is 2. The first-order valence-corrected chi connectivity index (χ1v) is 16.5. The second-order valence-electron chi connectivity index (χ2n) is 11.9. The summed E-state index contributed by atoms with van der Waals surface area (Å²) >= 11 is 0. The van der Waals surface area contributed by atoms with Gasteiger partial charge >= 0.3 is 5.91 Å². The van der Waals surface area contributed by atoms with Gasteiger partial charge in [0.1, 0.15) is 0 Å². The maximum atomic E-state index is 9.08. The number of nitrogens with zero attached hydrogens (tertiary/aromatic N) is 8. The Kier molecular flexibility index (Phi) is 4.08. The van der Waals surface area contributed by atoms with Crippen molar-refractivity contribution in [2.24, 2.45) is 20.0 Å². The molecule has 0 N–H and O–H groups in total. The molecule has 0 radical (unpaired) electrons. The van der Waals surface area contributed by atoms with Gasteiger partial charge in [0.25, 0.3) is 23.3 Å². The monoisotopic (exact) mass is 619 g/mol. The molecule has 218 valence electrons. The lowest BCUT2D eigenvalue weighted by molar-refractivity contribution is -0.790. The van der Waals surface area contributed by atoms with E-state index in [0.717, 1.165) is 89.8 Å². The summed E-state index contributed by atoms with van der Waals surface area (Å²) in [6.45, 7) is 0. The second kappa shape index (κ2) is 7.68. The van der Waals surface area contributed by atoms with Crippen LogP contribution in [0.5, 0.6) is 0 Å². The quantitative estimate of drug-likeness (QED) is 0.192. The molecule has 12 rings (SSSR count). The lowest BCUT2D eigenvalue weighted by Crippen LogP contribution is -2.71. The van der Waals surface area contributed by atoms with Gasteiger partial charge in [-0.1, -0.05) is 68.5 Å². The fourth-order valence-electron chi connectivity index (χ4n) is 7.88. The van der Waals surface area contributed by atoms with Gasteiger partial charge in [-0.2, -0.15) is 9.13 Å². The topological polar surface area (TPSA) is 123 Å². The van der Waals surface area contributed by atoms with Gasteiger partial charge in [0.2, 0.25) is 22.6 Å². The van der Waals surface area contributed by atoms with Crippen LogP contribution in [0.3, 0.4) is 0 Å². The smallest absolute Gasteiger partial charge is 0.404 e. The zero-order valence-corrected chi connectivity index (χ0v) is 24.8. The number of hydrogen-bond acceptors (Lipinski definition) is 7. The highest BCUT2D eigenvalue weighted by Crippen LogP contribution is 2.52. The standard InChI is InChI=1S/C33H16N8.CH4O3S/c1-2-10-18-17(9-1)25-34-27-19-11-3-4-12-20(19)29-36-31-23-15-7-8-16-24(23)32-37-30-22-14-6-5-13-21(22)28-35-26(18)38(25)33(39(27)29,40(28)30)41(31)32;1-5(2,3)4/h1-16H;1H3,(H,2,3,4)/q+2;/p-1. The molecule has 6 aliphatic rings. The maximum Gasteiger partial charge on any atom is 0.404 e. The summed E-state index contributed by atoms with van der Waals surface area (Å²) in [7, 11) is -3.92. The van der Waals surface area contributed by atoms with Crippen molar-refractivity contribution < 1.29 is 22.1 Å². The zero-order chi connectivity index (χ0) is 30.7. The zero-order valence-electron chi connectivity index (χ0n) is 23.9. The molecular formula is C34H19N8O3S+. The van der Waals surface area contributed by atoms with Crippen LogP contribution in [0.1, 0.15) is 22.3 Å². The highest BCUT2D eigenvalue weighted by molar-refractivity contribution is 7.84. The predicted octanol–water partition coefficient (Wildman–Crippen LogP) is 2.87. The predicted molar refractivity (Wildman–Crippen MR) is 169 cm³/mol. The van der Waals surface area contributed by atoms with Crippen molar-refractivity contribution in [2.45, 2.75) is 5.91 Å². The summed E-state index contributed by atoms with van der Waals surface area (Å²) < 4.78 is 36.6. The van der Waals surface area contributed by atoms with Crippen molar-refractivity contribution in [3.8, 4) is 0 Å². The molecule has 0 saturated carbocycles. The molecule has 0 saturated heterocycles. The molecule has 8 heterocycles. The van der Waals surface area contributed by atoms with Crippen LogP contribution in [0.2, 0.25) is 0 Å². The largest absolute Gasteiger partial charge is 0.748 e. The van der Waals surface area contributed by atoms with E-state index in [-0.39, 0.29) is 0 Å². The van der Waals surface area contributed by atoms with Crippen molar-refractivity contribution in [2.75, 3.05) is 6.26 Å². The number of aliphatic imine (C=N–C) groups is 2. The Morgan fingerprint density at radius 1 is 0.565 bits per heavy atom. The minimum Gasteiger partial charge on any atom is -0.748 e. The number of amidine groups is 4. The van der Waals surface area contributed by atoms with Gasteiger partial charge in [-0.25, -0.2) is 8.42 Å². The van der Waals surface area contributed by atoms with Crippen LogP contribution in [-0.4, -0.2) is 60.9 Å². The molecule has 2 aromatic heterocycles. The molecule has 0 bridgehead atoms. The minimum atomic E-state index is -3.92. The van der Waals surface area contributed by atoms with Gasteiger partial charge < -0.3 is 4.55 Å². The fourth-order valence-corrected chi connectivity index (χ4v) is 7.88. The van der Waals surface area contributed by atoms with Gasteiger partial charge in [-0.05, 0) is 48.5 Å². The van der Waals surface area contributed by atoms with Crippen molar-refractivity contribution >= 4 is 66.6 Å². The summed E-state index contributed by atoms with van der Waals surface area (Å²) in [5.74, 6) is 4.46. The van der Waals surface area contributed by atoms with E-state index in [2.05, 4.69) is 115 Å². The van der Waals surface area contributed by atoms with Crippen molar-refractivity contribution in [1.29, 1.82) is 0 Å². The lowest BCUT2D eigenvalue weighted by atomic mass is 10.1. The Morgan fingerprint density at radius 2 is 0.935 bits per heavy atom. The molecule has 0 unspecified atom stereocenters. The number of benzene rings is 4. The summed E-state index contributed by atoms with van der Waals surface area (Å²) in [4.78, 5) is 21.7. The molecule has 11 nitrogen and oxygen atoms in total. The Balaban J connectivity index is 0.000000490. The van der Waals surface area contributed by atoms with Crippen molar-refractivity contribution in [3.05, 3.63) is 130 Å². The van der Waals surface area contributed by atoms with E-state index in [9.17, 15) is 0 Å². The summed E-state index contributed by atoms with van der Waals surface area (Å²) in [6.07, 6.45) is 0.604. The summed E-state index contributed by atoms with van der Waals surface area (Å²) in [5.41, 5.74) is 6.13. The van der Waals surface area contributed by atoms with Crippen LogP contribution in [0, 0.1) is 0 Å². The Hall–Kier alpha value is -5.85. The number of rotatable bonds is 0. The van der Waals surface area contributed by atoms with Gasteiger partial charge in [-0.15, -0.1) is 9.15 Å². The van der Waals surface area contributed by atoms with Crippen LogP contribution >= 0.6 is 0 Å². The third-order valence-electron chi connectivity index (χ3n) is 9.38. The maximum absolute atomic E-state index is 9.08. The average Bonchev–Trinajstić information content (AvgIpc) is 3.77. The first-order chi connectivity index (χ1) is 22.4. The van der Waals surface area contributed by atoms with Gasteiger partial charge in [0.05, 0.1) is 32.4 Å². The van der Waals surface area contributed by atoms with E-state index < -0.39 is 16.0 Å².